The van der Waals surface area contributed by atoms with E-state index in [0.717, 1.165) is 21.7 Å². The Morgan fingerprint density at radius 2 is 1.64 bits per heavy atom. The Morgan fingerprint density at radius 1 is 0.964 bits per heavy atom. The van der Waals surface area contributed by atoms with Gasteiger partial charge in [-0.05, 0) is 31.2 Å². The maximum absolute atomic E-state index is 12.8. The highest BCUT2D eigenvalue weighted by molar-refractivity contribution is 6.20. The second-order valence-corrected chi connectivity index (χ2v) is 6.40. The van der Waals surface area contributed by atoms with Crippen LogP contribution in [0.4, 0.5) is 21.0 Å². The van der Waals surface area contributed by atoms with E-state index in [0.29, 0.717) is 17.1 Å². The van der Waals surface area contributed by atoms with Crippen LogP contribution < -0.4 is 10.6 Å². The minimum absolute atomic E-state index is 0.542. The standard InChI is InChI=1S/C22H18N4O2/c1-15-12-13-19-18(14-15)20(16-8-4-2-5-9-16)25-26(22(28)24-19)21(27)23-17-10-6-3-7-11-17/h2-14H,1H3,(H,23,27)(H,24,28). The number of hydrogen-bond acceptors (Lipinski definition) is 3. The highest BCUT2D eigenvalue weighted by Gasteiger charge is 2.28. The summed E-state index contributed by atoms with van der Waals surface area (Å²) in [4.78, 5) is 25.5. The van der Waals surface area contributed by atoms with Crippen molar-refractivity contribution in [2.45, 2.75) is 6.92 Å². The average molecular weight is 370 g/mol. The lowest BCUT2D eigenvalue weighted by molar-refractivity contribution is 0.204. The number of carbonyl (C=O) groups is 2. The summed E-state index contributed by atoms with van der Waals surface area (Å²) in [6.07, 6.45) is 0. The predicted octanol–water partition coefficient (Wildman–Crippen LogP) is 4.83. The summed E-state index contributed by atoms with van der Waals surface area (Å²) in [5.74, 6) is 0. The zero-order valence-electron chi connectivity index (χ0n) is 15.2. The molecule has 1 aliphatic heterocycles. The number of carbonyl (C=O) groups excluding carboxylic acids is 2. The van der Waals surface area contributed by atoms with Gasteiger partial charge in [-0.15, -0.1) is 5.01 Å². The topological polar surface area (TPSA) is 73.8 Å². The van der Waals surface area contributed by atoms with Gasteiger partial charge >= 0.3 is 12.1 Å². The fourth-order valence-electron chi connectivity index (χ4n) is 2.98. The van der Waals surface area contributed by atoms with E-state index in [1.807, 2.05) is 61.5 Å². The molecule has 2 N–H and O–H groups in total. The molecule has 0 aromatic heterocycles. The lowest BCUT2D eigenvalue weighted by Crippen LogP contribution is -2.38. The summed E-state index contributed by atoms with van der Waals surface area (Å²) in [6, 6.07) is 22.8. The van der Waals surface area contributed by atoms with Crippen LogP contribution in [-0.2, 0) is 0 Å². The van der Waals surface area contributed by atoms with Crippen molar-refractivity contribution < 1.29 is 9.59 Å². The number of hydrazone groups is 1. The third-order valence-corrected chi connectivity index (χ3v) is 4.33. The van der Waals surface area contributed by atoms with Crippen molar-refractivity contribution in [1.29, 1.82) is 0 Å². The molecular formula is C22H18N4O2. The van der Waals surface area contributed by atoms with Gasteiger partial charge in [0.1, 0.15) is 5.71 Å². The molecule has 0 saturated heterocycles. The maximum Gasteiger partial charge on any atom is 0.351 e. The van der Waals surface area contributed by atoms with E-state index in [1.165, 1.54) is 0 Å². The van der Waals surface area contributed by atoms with Gasteiger partial charge in [0.05, 0.1) is 5.69 Å². The zero-order valence-corrected chi connectivity index (χ0v) is 15.2. The van der Waals surface area contributed by atoms with Gasteiger partial charge in [0.25, 0.3) is 0 Å². The first-order valence-corrected chi connectivity index (χ1v) is 8.84. The van der Waals surface area contributed by atoms with Crippen molar-refractivity contribution in [3.63, 3.8) is 0 Å². The molecule has 4 rings (SSSR count). The number of aryl methyl sites for hydroxylation is 1. The summed E-state index contributed by atoms with van der Waals surface area (Å²) < 4.78 is 0. The Bertz CT molecular complexity index is 1060. The highest BCUT2D eigenvalue weighted by atomic mass is 16.2. The van der Waals surface area contributed by atoms with Crippen molar-refractivity contribution in [1.82, 2.24) is 5.01 Å². The number of amides is 4. The van der Waals surface area contributed by atoms with Crippen LogP contribution in [0, 0.1) is 6.92 Å². The van der Waals surface area contributed by atoms with Crippen molar-refractivity contribution in [2.75, 3.05) is 10.6 Å². The van der Waals surface area contributed by atoms with Crippen LogP contribution in [0.3, 0.4) is 0 Å². The Labute approximate surface area is 162 Å². The van der Waals surface area contributed by atoms with Gasteiger partial charge in [-0.3, -0.25) is 0 Å². The molecule has 0 radical (unpaired) electrons. The van der Waals surface area contributed by atoms with E-state index in [2.05, 4.69) is 15.7 Å². The fraction of sp³-hybridized carbons (Fsp3) is 0.0455. The van der Waals surface area contributed by atoms with Crippen molar-refractivity contribution in [2.24, 2.45) is 5.10 Å². The molecule has 3 aromatic rings. The number of fused-ring (bicyclic) bond motifs is 1. The summed E-state index contributed by atoms with van der Waals surface area (Å²) >= 11 is 0. The van der Waals surface area contributed by atoms with Gasteiger partial charge < -0.3 is 10.6 Å². The summed E-state index contributed by atoms with van der Waals surface area (Å²) in [7, 11) is 0. The number of urea groups is 2. The minimum atomic E-state index is -0.637. The second-order valence-electron chi connectivity index (χ2n) is 6.40. The molecule has 0 spiro atoms. The summed E-state index contributed by atoms with van der Waals surface area (Å²) in [5, 5.41) is 10.7. The lowest BCUT2D eigenvalue weighted by atomic mass is 9.99. The quantitative estimate of drug-likeness (QED) is 0.678. The Hall–Kier alpha value is -3.93. The van der Waals surface area contributed by atoms with Gasteiger partial charge in [-0.1, -0.05) is 60.2 Å². The first-order chi connectivity index (χ1) is 13.6. The molecular weight excluding hydrogens is 352 g/mol. The molecule has 6 heteroatoms. The number of benzene rings is 3. The first-order valence-electron chi connectivity index (χ1n) is 8.84. The summed E-state index contributed by atoms with van der Waals surface area (Å²) in [6.45, 7) is 1.97. The molecule has 28 heavy (non-hydrogen) atoms. The van der Waals surface area contributed by atoms with Gasteiger partial charge in [-0.2, -0.15) is 5.10 Å². The molecule has 1 heterocycles. The normalized spacial score (nSPS) is 13.1. The molecule has 4 amide bonds. The van der Waals surface area contributed by atoms with E-state index in [1.54, 1.807) is 24.3 Å². The van der Waals surface area contributed by atoms with E-state index in [9.17, 15) is 9.59 Å². The SMILES string of the molecule is Cc1ccc2c(c1)C(c1ccccc1)=NN(C(=O)Nc1ccccc1)C(=O)N2. The largest absolute Gasteiger partial charge is 0.351 e. The van der Waals surface area contributed by atoms with Crippen molar-refractivity contribution in [3.8, 4) is 0 Å². The molecule has 0 fully saturated rings. The first kappa shape index (κ1) is 17.5. The van der Waals surface area contributed by atoms with Crippen LogP contribution in [0.15, 0.2) is 84.0 Å². The predicted molar refractivity (Wildman–Crippen MR) is 110 cm³/mol. The molecule has 6 nitrogen and oxygen atoms in total. The number of hydrogen-bond donors (Lipinski definition) is 2. The third-order valence-electron chi connectivity index (χ3n) is 4.33. The number of imide groups is 1. The molecule has 0 aliphatic carbocycles. The second kappa shape index (κ2) is 7.36. The molecule has 0 atom stereocenters. The number of nitrogens with zero attached hydrogens (tertiary/aromatic N) is 2. The van der Waals surface area contributed by atoms with Crippen molar-refractivity contribution >= 4 is 29.1 Å². The Kier molecular flexibility index (Phi) is 4.60. The average Bonchev–Trinajstić information content (AvgIpc) is 2.85. The van der Waals surface area contributed by atoms with Crippen LogP contribution in [0.25, 0.3) is 0 Å². The molecule has 3 aromatic carbocycles. The van der Waals surface area contributed by atoms with Crippen LogP contribution >= 0.6 is 0 Å². The third kappa shape index (κ3) is 3.48. The van der Waals surface area contributed by atoms with Crippen LogP contribution in [-0.4, -0.2) is 22.8 Å². The molecule has 0 bridgehead atoms. The van der Waals surface area contributed by atoms with Gasteiger partial charge in [-0.25, -0.2) is 9.59 Å². The van der Waals surface area contributed by atoms with E-state index in [4.69, 9.17) is 0 Å². The van der Waals surface area contributed by atoms with Crippen molar-refractivity contribution in [3.05, 3.63) is 95.6 Å². The highest BCUT2D eigenvalue weighted by Crippen LogP contribution is 2.25. The zero-order chi connectivity index (χ0) is 19.5. The van der Waals surface area contributed by atoms with Crippen LogP contribution in [0.2, 0.25) is 0 Å². The maximum atomic E-state index is 12.8. The molecule has 1 aliphatic rings. The van der Waals surface area contributed by atoms with E-state index < -0.39 is 12.1 Å². The van der Waals surface area contributed by atoms with E-state index >= 15 is 0 Å². The fourth-order valence-corrected chi connectivity index (χ4v) is 2.98. The van der Waals surface area contributed by atoms with Gasteiger partial charge in [0, 0.05) is 16.8 Å². The molecule has 0 unspecified atom stereocenters. The summed E-state index contributed by atoms with van der Waals surface area (Å²) in [5.41, 5.74) is 4.32. The molecule has 0 saturated carbocycles. The van der Waals surface area contributed by atoms with E-state index in [-0.39, 0.29) is 0 Å². The number of anilines is 2. The monoisotopic (exact) mass is 370 g/mol. The number of nitrogens with one attached hydrogen (secondary N) is 2. The van der Waals surface area contributed by atoms with Gasteiger partial charge in [0.15, 0.2) is 0 Å². The van der Waals surface area contributed by atoms with Crippen LogP contribution in [0.5, 0.6) is 0 Å². The Morgan fingerprint density at radius 3 is 2.36 bits per heavy atom. The Balaban J connectivity index is 1.79. The molecule has 138 valence electrons. The van der Waals surface area contributed by atoms with Crippen LogP contribution in [0.1, 0.15) is 16.7 Å². The minimum Gasteiger partial charge on any atom is -0.306 e. The number of para-hydroxylation sites is 1. The van der Waals surface area contributed by atoms with Gasteiger partial charge in [0.2, 0.25) is 0 Å². The number of rotatable bonds is 2. The lowest BCUT2D eigenvalue weighted by Gasteiger charge is -2.15. The smallest absolute Gasteiger partial charge is 0.306 e.